The number of nitrogens with zero attached hydrogens (tertiary/aromatic N) is 2. The molecule has 4 heteroatoms. The highest BCUT2D eigenvalue weighted by Crippen LogP contribution is 2.21. The van der Waals surface area contributed by atoms with Gasteiger partial charge in [0.25, 0.3) is 0 Å². The van der Waals surface area contributed by atoms with Crippen LogP contribution < -0.4 is 5.73 Å². The molecule has 0 aliphatic rings. The molecule has 0 radical (unpaired) electrons. The van der Waals surface area contributed by atoms with Gasteiger partial charge < -0.3 is 5.73 Å². The minimum atomic E-state index is 0.435. The Labute approximate surface area is 77.5 Å². The van der Waals surface area contributed by atoms with Gasteiger partial charge in [-0.1, -0.05) is 24.9 Å². The van der Waals surface area contributed by atoms with Gasteiger partial charge in [0.15, 0.2) is 5.82 Å². The normalized spacial score (nSPS) is 10.6. The summed E-state index contributed by atoms with van der Waals surface area (Å²) in [5.41, 5.74) is 6.51. The molecule has 1 aromatic rings. The second-order valence-corrected chi connectivity index (χ2v) is 3.24. The van der Waals surface area contributed by atoms with E-state index in [0.29, 0.717) is 10.8 Å². The summed E-state index contributed by atoms with van der Waals surface area (Å²) < 4.78 is 1.86. The molecule has 1 heterocycles. The predicted molar refractivity (Wildman–Crippen MR) is 51.3 cm³/mol. The summed E-state index contributed by atoms with van der Waals surface area (Å²) in [7, 11) is 0. The standard InChI is InChI=1S/C8H14ClN3/c1-3-4-5-12-6(2)7(9)8(10)11-12/h3-5H2,1-2H3,(H2,10,11). The van der Waals surface area contributed by atoms with Crippen molar-refractivity contribution in [1.29, 1.82) is 0 Å². The zero-order valence-corrected chi connectivity index (χ0v) is 8.23. The third kappa shape index (κ3) is 1.72. The number of hydrogen-bond acceptors (Lipinski definition) is 2. The molecule has 0 aliphatic carbocycles. The Balaban J connectivity index is 2.79. The molecule has 0 saturated carbocycles. The Kier molecular flexibility index (Phi) is 2.98. The van der Waals surface area contributed by atoms with E-state index < -0.39 is 0 Å². The molecule has 0 fully saturated rings. The van der Waals surface area contributed by atoms with E-state index in [4.69, 9.17) is 17.3 Å². The first-order valence-corrected chi connectivity index (χ1v) is 4.53. The molecule has 1 rings (SSSR count). The van der Waals surface area contributed by atoms with Crippen molar-refractivity contribution in [3.05, 3.63) is 10.7 Å². The van der Waals surface area contributed by atoms with E-state index in [-0.39, 0.29) is 0 Å². The molecule has 0 aliphatic heterocycles. The highest BCUT2D eigenvalue weighted by atomic mass is 35.5. The number of halogens is 1. The first-order chi connectivity index (χ1) is 5.66. The van der Waals surface area contributed by atoms with Gasteiger partial charge in [0.1, 0.15) is 5.02 Å². The van der Waals surface area contributed by atoms with E-state index in [1.807, 2.05) is 11.6 Å². The molecule has 0 aromatic carbocycles. The predicted octanol–water partition coefficient (Wildman–Crippen LogP) is 2.23. The number of aryl methyl sites for hydroxylation is 1. The van der Waals surface area contributed by atoms with Crippen LogP contribution in [0.3, 0.4) is 0 Å². The van der Waals surface area contributed by atoms with Crippen LogP contribution in [0.1, 0.15) is 25.5 Å². The fourth-order valence-electron chi connectivity index (χ4n) is 1.07. The van der Waals surface area contributed by atoms with Gasteiger partial charge in [-0.15, -0.1) is 0 Å². The number of unbranched alkanes of at least 4 members (excludes halogenated alkanes) is 1. The van der Waals surface area contributed by atoms with Crippen LogP contribution >= 0.6 is 11.6 Å². The van der Waals surface area contributed by atoms with E-state index in [9.17, 15) is 0 Å². The largest absolute Gasteiger partial charge is 0.381 e. The summed E-state index contributed by atoms with van der Waals surface area (Å²) in [6.45, 7) is 4.98. The van der Waals surface area contributed by atoms with Crippen LogP contribution in [-0.4, -0.2) is 9.78 Å². The number of rotatable bonds is 3. The average molecular weight is 188 g/mol. The molecule has 0 amide bonds. The lowest BCUT2D eigenvalue weighted by molar-refractivity contribution is 0.561. The maximum atomic E-state index is 5.87. The van der Waals surface area contributed by atoms with Crippen molar-refractivity contribution in [2.75, 3.05) is 5.73 Å². The van der Waals surface area contributed by atoms with Crippen molar-refractivity contribution in [2.24, 2.45) is 0 Å². The maximum absolute atomic E-state index is 5.87. The van der Waals surface area contributed by atoms with Gasteiger partial charge >= 0.3 is 0 Å². The smallest absolute Gasteiger partial charge is 0.164 e. The monoisotopic (exact) mass is 187 g/mol. The number of hydrogen-bond donors (Lipinski definition) is 1. The molecule has 2 N–H and O–H groups in total. The molecule has 0 atom stereocenters. The summed E-state index contributed by atoms with van der Waals surface area (Å²) >= 11 is 5.87. The van der Waals surface area contributed by atoms with Gasteiger partial charge in [-0.25, -0.2) is 0 Å². The fourth-order valence-corrected chi connectivity index (χ4v) is 1.21. The zero-order chi connectivity index (χ0) is 9.14. The van der Waals surface area contributed by atoms with Gasteiger partial charge in [-0.3, -0.25) is 4.68 Å². The molecule has 12 heavy (non-hydrogen) atoms. The molecular weight excluding hydrogens is 174 g/mol. The molecule has 1 aromatic heterocycles. The Bertz CT molecular complexity index is 268. The van der Waals surface area contributed by atoms with Crippen molar-refractivity contribution in [2.45, 2.75) is 33.2 Å². The summed E-state index contributed by atoms with van der Waals surface area (Å²) in [5.74, 6) is 0.435. The van der Waals surface area contributed by atoms with Crippen LogP contribution in [0.15, 0.2) is 0 Å². The van der Waals surface area contributed by atoms with Gasteiger partial charge in [0, 0.05) is 6.54 Å². The molecule has 0 saturated heterocycles. The van der Waals surface area contributed by atoms with Crippen molar-refractivity contribution in [1.82, 2.24) is 9.78 Å². The lowest BCUT2D eigenvalue weighted by Crippen LogP contribution is -2.02. The van der Waals surface area contributed by atoms with Crippen LogP contribution in [-0.2, 0) is 6.54 Å². The minimum Gasteiger partial charge on any atom is -0.381 e. The maximum Gasteiger partial charge on any atom is 0.164 e. The first kappa shape index (κ1) is 9.39. The van der Waals surface area contributed by atoms with Crippen LogP contribution in [0.25, 0.3) is 0 Å². The van der Waals surface area contributed by atoms with Crippen LogP contribution in [0.4, 0.5) is 5.82 Å². The first-order valence-electron chi connectivity index (χ1n) is 4.15. The highest BCUT2D eigenvalue weighted by Gasteiger charge is 2.08. The Morgan fingerprint density at radius 1 is 1.58 bits per heavy atom. The number of aromatic nitrogens is 2. The number of nitrogens with two attached hydrogens (primary N) is 1. The molecule has 0 bridgehead atoms. The van der Waals surface area contributed by atoms with Gasteiger partial charge in [-0.2, -0.15) is 5.10 Å². The summed E-state index contributed by atoms with van der Waals surface area (Å²) in [6, 6.07) is 0. The van der Waals surface area contributed by atoms with Crippen molar-refractivity contribution < 1.29 is 0 Å². The number of anilines is 1. The van der Waals surface area contributed by atoms with E-state index >= 15 is 0 Å². The van der Waals surface area contributed by atoms with E-state index in [1.165, 1.54) is 0 Å². The minimum absolute atomic E-state index is 0.435. The molecule has 3 nitrogen and oxygen atoms in total. The van der Waals surface area contributed by atoms with Crippen LogP contribution in [0, 0.1) is 6.92 Å². The second kappa shape index (κ2) is 3.81. The molecule has 0 spiro atoms. The Hall–Kier alpha value is -0.700. The van der Waals surface area contributed by atoms with E-state index in [1.54, 1.807) is 0 Å². The van der Waals surface area contributed by atoms with Crippen molar-refractivity contribution in [3.8, 4) is 0 Å². The topological polar surface area (TPSA) is 43.8 Å². The molecule has 0 unspecified atom stereocenters. The van der Waals surface area contributed by atoms with Gasteiger partial charge in [-0.05, 0) is 13.3 Å². The van der Waals surface area contributed by atoms with Gasteiger partial charge in [0.2, 0.25) is 0 Å². The summed E-state index contributed by atoms with van der Waals surface area (Å²) in [5, 5.41) is 4.70. The SMILES string of the molecule is CCCCn1nc(N)c(Cl)c1C. The van der Waals surface area contributed by atoms with Crippen molar-refractivity contribution in [3.63, 3.8) is 0 Å². The fraction of sp³-hybridized carbons (Fsp3) is 0.625. The Morgan fingerprint density at radius 2 is 2.25 bits per heavy atom. The van der Waals surface area contributed by atoms with Crippen LogP contribution in [0.5, 0.6) is 0 Å². The van der Waals surface area contributed by atoms with E-state index in [0.717, 1.165) is 25.1 Å². The van der Waals surface area contributed by atoms with Crippen LogP contribution in [0.2, 0.25) is 5.02 Å². The van der Waals surface area contributed by atoms with E-state index in [2.05, 4.69) is 12.0 Å². The molecule has 68 valence electrons. The van der Waals surface area contributed by atoms with Crippen molar-refractivity contribution >= 4 is 17.4 Å². The molecular formula is C8H14ClN3. The lowest BCUT2D eigenvalue weighted by atomic mass is 10.3. The van der Waals surface area contributed by atoms with Gasteiger partial charge in [0.05, 0.1) is 5.69 Å². The third-order valence-corrected chi connectivity index (χ3v) is 2.35. The average Bonchev–Trinajstić information content (AvgIpc) is 2.30. The highest BCUT2D eigenvalue weighted by molar-refractivity contribution is 6.33. The summed E-state index contributed by atoms with van der Waals surface area (Å²) in [6.07, 6.45) is 2.26. The third-order valence-electron chi connectivity index (χ3n) is 1.88. The quantitative estimate of drug-likeness (QED) is 0.789. The second-order valence-electron chi connectivity index (χ2n) is 2.86. The number of nitrogen functional groups attached to an aromatic ring is 1. The summed E-state index contributed by atoms with van der Waals surface area (Å²) in [4.78, 5) is 0. The zero-order valence-electron chi connectivity index (χ0n) is 7.47. The Morgan fingerprint density at radius 3 is 2.67 bits per heavy atom. The lowest BCUT2D eigenvalue weighted by Gasteiger charge is -2.01.